The Labute approximate surface area is 166 Å². The average molecular weight is 407 g/mol. The van der Waals surface area contributed by atoms with Gasteiger partial charge >= 0.3 is 0 Å². The highest BCUT2D eigenvalue weighted by molar-refractivity contribution is 7.89. The summed E-state index contributed by atoms with van der Waals surface area (Å²) in [7, 11) is -2.02. The number of rotatable bonds is 7. The first-order chi connectivity index (χ1) is 13.1. The van der Waals surface area contributed by atoms with Gasteiger partial charge in [0, 0.05) is 25.7 Å². The summed E-state index contributed by atoms with van der Waals surface area (Å²) < 4.78 is 40.3. The average Bonchev–Trinajstić information content (AvgIpc) is 2.67. The molecule has 2 aromatic carbocycles. The fraction of sp³-hybridized carbons (Fsp3) is 0.381. The molecule has 0 saturated heterocycles. The van der Waals surface area contributed by atoms with Gasteiger partial charge in [-0.15, -0.1) is 0 Å². The fourth-order valence-corrected chi connectivity index (χ4v) is 4.77. The molecule has 0 bridgehead atoms. The molecular formula is C21H27FN2O3S. The molecule has 1 atom stereocenters. The number of benzene rings is 2. The second-order valence-corrected chi connectivity index (χ2v) is 8.62. The topological polar surface area (TPSA) is 57.7 Å². The van der Waals surface area contributed by atoms with E-state index in [9.17, 15) is 17.6 Å². The van der Waals surface area contributed by atoms with Gasteiger partial charge in [-0.3, -0.25) is 4.79 Å². The summed E-state index contributed by atoms with van der Waals surface area (Å²) in [6, 6.07) is 10.4. The molecule has 152 valence electrons. The van der Waals surface area contributed by atoms with Crippen molar-refractivity contribution in [2.45, 2.75) is 38.6 Å². The zero-order chi connectivity index (χ0) is 21.1. The Morgan fingerprint density at radius 1 is 1.07 bits per heavy atom. The van der Waals surface area contributed by atoms with E-state index in [2.05, 4.69) is 0 Å². The van der Waals surface area contributed by atoms with Crippen LogP contribution in [0, 0.1) is 12.7 Å². The Hall–Kier alpha value is -2.25. The van der Waals surface area contributed by atoms with Gasteiger partial charge in [0.2, 0.25) is 10.0 Å². The number of hydrogen-bond acceptors (Lipinski definition) is 3. The molecule has 0 aliphatic rings. The van der Waals surface area contributed by atoms with Crippen molar-refractivity contribution in [1.29, 1.82) is 0 Å². The first kappa shape index (κ1) is 22.0. The van der Waals surface area contributed by atoms with Crippen LogP contribution in [0.5, 0.6) is 0 Å². The molecular weight excluding hydrogens is 379 g/mol. The molecule has 5 nitrogen and oxygen atoms in total. The van der Waals surface area contributed by atoms with Crippen LogP contribution >= 0.6 is 0 Å². The van der Waals surface area contributed by atoms with Crippen LogP contribution in [0.3, 0.4) is 0 Å². The van der Waals surface area contributed by atoms with Crippen molar-refractivity contribution in [2.24, 2.45) is 0 Å². The van der Waals surface area contributed by atoms with Gasteiger partial charge in [-0.1, -0.05) is 32.0 Å². The van der Waals surface area contributed by atoms with Crippen LogP contribution in [0.25, 0.3) is 0 Å². The number of nitrogens with zero attached hydrogens (tertiary/aromatic N) is 2. The highest BCUT2D eigenvalue weighted by Gasteiger charge is 2.26. The zero-order valence-corrected chi connectivity index (χ0v) is 17.8. The summed E-state index contributed by atoms with van der Waals surface area (Å²) in [5.41, 5.74) is 1.69. The van der Waals surface area contributed by atoms with Gasteiger partial charge in [-0.05, 0) is 49.2 Å². The van der Waals surface area contributed by atoms with Crippen LogP contribution in [0.1, 0.15) is 48.3 Å². The number of hydrogen-bond donors (Lipinski definition) is 0. The molecule has 1 amide bonds. The molecule has 2 aromatic rings. The third-order valence-corrected chi connectivity index (χ3v) is 7.20. The first-order valence-electron chi connectivity index (χ1n) is 9.26. The number of halogens is 1. The summed E-state index contributed by atoms with van der Waals surface area (Å²) in [5, 5.41) is 0. The molecule has 7 heteroatoms. The molecule has 0 saturated carbocycles. The Morgan fingerprint density at radius 3 is 2.18 bits per heavy atom. The van der Waals surface area contributed by atoms with Crippen molar-refractivity contribution >= 4 is 15.9 Å². The van der Waals surface area contributed by atoms with Crippen LogP contribution in [-0.4, -0.2) is 43.7 Å². The van der Waals surface area contributed by atoms with Gasteiger partial charge in [-0.2, -0.15) is 4.31 Å². The molecule has 0 radical (unpaired) electrons. The summed E-state index contributed by atoms with van der Waals surface area (Å²) in [6.07, 6.45) is 0. The third kappa shape index (κ3) is 4.42. The molecule has 0 heterocycles. The van der Waals surface area contributed by atoms with E-state index in [-0.39, 0.29) is 22.7 Å². The smallest absolute Gasteiger partial charge is 0.254 e. The van der Waals surface area contributed by atoms with Crippen LogP contribution in [0.2, 0.25) is 0 Å². The van der Waals surface area contributed by atoms with Crippen molar-refractivity contribution in [3.05, 3.63) is 65.0 Å². The molecule has 0 spiro atoms. The summed E-state index contributed by atoms with van der Waals surface area (Å²) in [6.45, 7) is 7.84. The van der Waals surface area contributed by atoms with Crippen LogP contribution < -0.4 is 0 Å². The van der Waals surface area contributed by atoms with E-state index in [4.69, 9.17) is 0 Å². The van der Waals surface area contributed by atoms with Gasteiger partial charge in [0.25, 0.3) is 5.91 Å². The highest BCUT2D eigenvalue weighted by atomic mass is 32.2. The Bertz CT molecular complexity index is 939. The monoisotopic (exact) mass is 406 g/mol. The lowest BCUT2D eigenvalue weighted by Crippen LogP contribution is -2.32. The summed E-state index contributed by atoms with van der Waals surface area (Å²) in [5.74, 6) is -0.637. The fourth-order valence-electron chi connectivity index (χ4n) is 3.06. The maximum absolute atomic E-state index is 13.2. The molecule has 28 heavy (non-hydrogen) atoms. The molecule has 0 N–H and O–H groups in total. The normalized spacial score (nSPS) is 12.8. The number of carbonyl (C=O) groups excluding carboxylic acids is 1. The van der Waals surface area contributed by atoms with Gasteiger partial charge in [0.05, 0.1) is 10.9 Å². The van der Waals surface area contributed by atoms with Crippen molar-refractivity contribution in [2.75, 3.05) is 20.1 Å². The van der Waals surface area contributed by atoms with E-state index >= 15 is 0 Å². The maximum atomic E-state index is 13.2. The van der Waals surface area contributed by atoms with Crippen LogP contribution in [-0.2, 0) is 10.0 Å². The second kappa shape index (κ2) is 8.84. The lowest BCUT2D eigenvalue weighted by molar-refractivity contribution is 0.0742. The van der Waals surface area contributed by atoms with Crippen molar-refractivity contribution in [3.8, 4) is 0 Å². The molecule has 1 unspecified atom stereocenters. The van der Waals surface area contributed by atoms with Gasteiger partial charge < -0.3 is 4.90 Å². The molecule has 0 aliphatic carbocycles. The van der Waals surface area contributed by atoms with Gasteiger partial charge in [-0.25, -0.2) is 12.8 Å². The number of amides is 1. The predicted molar refractivity (Wildman–Crippen MR) is 108 cm³/mol. The van der Waals surface area contributed by atoms with Crippen molar-refractivity contribution < 1.29 is 17.6 Å². The zero-order valence-electron chi connectivity index (χ0n) is 16.9. The number of sulfonamides is 1. The lowest BCUT2D eigenvalue weighted by atomic mass is 10.1. The van der Waals surface area contributed by atoms with E-state index in [1.165, 1.54) is 27.4 Å². The third-order valence-electron chi connectivity index (χ3n) is 5.01. The lowest BCUT2D eigenvalue weighted by Gasteiger charge is -2.26. The summed E-state index contributed by atoms with van der Waals surface area (Å²) >= 11 is 0. The van der Waals surface area contributed by atoms with E-state index in [0.29, 0.717) is 24.2 Å². The summed E-state index contributed by atoms with van der Waals surface area (Å²) in [4.78, 5) is 14.6. The van der Waals surface area contributed by atoms with Crippen molar-refractivity contribution in [3.63, 3.8) is 0 Å². The maximum Gasteiger partial charge on any atom is 0.254 e. The van der Waals surface area contributed by atoms with Gasteiger partial charge in [0.1, 0.15) is 5.82 Å². The number of aryl methyl sites for hydroxylation is 1. The Morgan fingerprint density at radius 2 is 1.64 bits per heavy atom. The standard InChI is InChI=1S/C21H27FN2O3S/c1-6-24(7-2)28(26,27)20-14-18(9-8-15(20)3)21(25)23(5)16(4)17-10-12-19(22)13-11-17/h8-14,16H,6-7H2,1-5H3. The van der Waals surface area contributed by atoms with E-state index in [1.54, 1.807) is 52.1 Å². The van der Waals surface area contributed by atoms with Gasteiger partial charge in [0.15, 0.2) is 0 Å². The second-order valence-electron chi connectivity index (χ2n) is 6.71. The minimum absolute atomic E-state index is 0.143. The molecule has 0 fully saturated rings. The Kier molecular flexibility index (Phi) is 6.96. The van der Waals surface area contributed by atoms with Crippen LogP contribution in [0.4, 0.5) is 4.39 Å². The van der Waals surface area contributed by atoms with E-state index < -0.39 is 10.0 Å². The number of carbonyl (C=O) groups is 1. The minimum atomic E-state index is -3.67. The molecule has 0 aromatic heterocycles. The molecule has 0 aliphatic heterocycles. The minimum Gasteiger partial charge on any atom is -0.335 e. The van der Waals surface area contributed by atoms with Crippen LogP contribution in [0.15, 0.2) is 47.4 Å². The SMILES string of the molecule is CCN(CC)S(=O)(=O)c1cc(C(=O)N(C)C(C)c2ccc(F)cc2)ccc1C. The first-order valence-corrected chi connectivity index (χ1v) is 10.7. The quantitative estimate of drug-likeness (QED) is 0.698. The predicted octanol–water partition coefficient (Wildman–Crippen LogP) is 4.00. The highest BCUT2D eigenvalue weighted by Crippen LogP contribution is 2.25. The van der Waals surface area contributed by atoms with E-state index in [0.717, 1.165) is 5.56 Å². The Balaban J connectivity index is 2.37. The van der Waals surface area contributed by atoms with E-state index in [1.807, 2.05) is 6.92 Å². The largest absolute Gasteiger partial charge is 0.335 e. The van der Waals surface area contributed by atoms with Crippen molar-refractivity contribution in [1.82, 2.24) is 9.21 Å². The molecule has 2 rings (SSSR count).